The summed E-state index contributed by atoms with van der Waals surface area (Å²) in [7, 11) is 1.79. The number of rotatable bonds is 3. The van der Waals surface area contributed by atoms with Crippen molar-refractivity contribution in [1.82, 2.24) is 15.1 Å². The predicted molar refractivity (Wildman–Crippen MR) is 56.2 cm³/mol. The van der Waals surface area contributed by atoms with Gasteiger partial charge in [0.1, 0.15) is 5.69 Å². The average molecular weight is 223 g/mol. The van der Waals surface area contributed by atoms with Crippen molar-refractivity contribution in [2.75, 3.05) is 7.05 Å². The molecule has 5 heteroatoms. The van der Waals surface area contributed by atoms with Crippen LogP contribution in [0.5, 0.6) is 0 Å². The number of hydrogen-bond donors (Lipinski definition) is 1. The fraction of sp³-hybridized carbons (Fsp3) is 0.182. The lowest BCUT2D eigenvalue weighted by molar-refractivity contribution is 0.501. The molecule has 1 heterocycles. The van der Waals surface area contributed by atoms with Crippen LogP contribution >= 0.6 is 0 Å². The van der Waals surface area contributed by atoms with Crippen molar-refractivity contribution in [2.45, 2.75) is 6.54 Å². The SMILES string of the molecule is CNCc1ccn(-c2cccc(F)c2F)n1. The minimum atomic E-state index is -0.887. The smallest absolute Gasteiger partial charge is 0.184 e. The van der Waals surface area contributed by atoms with E-state index in [1.807, 2.05) is 0 Å². The fourth-order valence-corrected chi connectivity index (χ4v) is 1.44. The van der Waals surface area contributed by atoms with E-state index in [4.69, 9.17) is 0 Å². The second-order valence-corrected chi connectivity index (χ2v) is 3.35. The van der Waals surface area contributed by atoms with Gasteiger partial charge in [0.15, 0.2) is 11.6 Å². The van der Waals surface area contributed by atoms with Crippen LogP contribution in [-0.4, -0.2) is 16.8 Å². The Morgan fingerprint density at radius 3 is 2.88 bits per heavy atom. The topological polar surface area (TPSA) is 29.9 Å². The lowest BCUT2D eigenvalue weighted by Gasteiger charge is -2.03. The molecular formula is C11H11F2N3. The maximum Gasteiger partial charge on any atom is 0.184 e. The zero-order valence-corrected chi connectivity index (χ0v) is 8.74. The van der Waals surface area contributed by atoms with E-state index in [-0.39, 0.29) is 5.69 Å². The quantitative estimate of drug-likeness (QED) is 0.860. The molecular weight excluding hydrogens is 212 g/mol. The molecule has 3 nitrogen and oxygen atoms in total. The Labute approximate surface area is 91.7 Å². The summed E-state index contributed by atoms with van der Waals surface area (Å²) < 4.78 is 27.7. The van der Waals surface area contributed by atoms with Crippen LogP contribution in [0.3, 0.4) is 0 Å². The highest BCUT2D eigenvalue weighted by atomic mass is 19.2. The highest BCUT2D eigenvalue weighted by Gasteiger charge is 2.10. The van der Waals surface area contributed by atoms with Crippen molar-refractivity contribution in [1.29, 1.82) is 0 Å². The molecule has 0 atom stereocenters. The summed E-state index contributed by atoms with van der Waals surface area (Å²) in [4.78, 5) is 0. The van der Waals surface area contributed by atoms with Gasteiger partial charge >= 0.3 is 0 Å². The summed E-state index contributed by atoms with van der Waals surface area (Å²) >= 11 is 0. The first-order valence-corrected chi connectivity index (χ1v) is 4.86. The molecule has 0 aliphatic heterocycles. The van der Waals surface area contributed by atoms with Gasteiger partial charge in [0.25, 0.3) is 0 Å². The number of halogens is 2. The summed E-state index contributed by atoms with van der Waals surface area (Å²) in [6.45, 7) is 0.587. The van der Waals surface area contributed by atoms with E-state index in [1.165, 1.54) is 16.8 Å². The van der Waals surface area contributed by atoms with Gasteiger partial charge in [-0.05, 0) is 25.2 Å². The molecule has 2 aromatic rings. The minimum Gasteiger partial charge on any atom is -0.314 e. The van der Waals surface area contributed by atoms with Crippen LogP contribution < -0.4 is 5.32 Å². The van der Waals surface area contributed by atoms with Crippen LogP contribution in [0.1, 0.15) is 5.69 Å². The first kappa shape index (κ1) is 10.8. The zero-order valence-electron chi connectivity index (χ0n) is 8.74. The Hall–Kier alpha value is -1.75. The Morgan fingerprint density at radius 2 is 2.12 bits per heavy atom. The number of benzene rings is 1. The number of nitrogens with zero attached hydrogens (tertiary/aromatic N) is 2. The Morgan fingerprint density at radius 1 is 1.31 bits per heavy atom. The van der Waals surface area contributed by atoms with Crippen LogP contribution in [-0.2, 0) is 6.54 Å². The van der Waals surface area contributed by atoms with E-state index in [0.717, 1.165) is 11.8 Å². The third kappa shape index (κ3) is 1.94. The van der Waals surface area contributed by atoms with E-state index in [1.54, 1.807) is 19.3 Å². The third-order valence-corrected chi connectivity index (χ3v) is 2.18. The molecule has 2 rings (SSSR count). The molecule has 0 aliphatic carbocycles. The molecule has 0 amide bonds. The number of nitrogens with one attached hydrogen (secondary N) is 1. The average Bonchev–Trinajstić information content (AvgIpc) is 2.71. The first-order valence-electron chi connectivity index (χ1n) is 4.86. The number of aromatic nitrogens is 2. The van der Waals surface area contributed by atoms with E-state index >= 15 is 0 Å². The van der Waals surface area contributed by atoms with Crippen molar-refractivity contribution in [2.24, 2.45) is 0 Å². The van der Waals surface area contributed by atoms with Crippen LogP contribution in [0.2, 0.25) is 0 Å². The molecule has 1 aromatic carbocycles. The summed E-state index contributed by atoms with van der Waals surface area (Å²) in [6.07, 6.45) is 1.60. The monoisotopic (exact) mass is 223 g/mol. The third-order valence-electron chi connectivity index (χ3n) is 2.18. The summed E-state index contributed by atoms with van der Waals surface area (Å²) in [6, 6.07) is 5.76. The summed E-state index contributed by atoms with van der Waals surface area (Å²) in [5.41, 5.74) is 0.883. The van der Waals surface area contributed by atoms with Gasteiger partial charge in [-0.15, -0.1) is 0 Å². The Bertz CT molecular complexity index is 494. The standard InChI is InChI=1S/C11H11F2N3/c1-14-7-8-5-6-16(15-8)10-4-2-3-9(12)11(10)13/h2-6,14H,7H2,1H3. The van der Waals surface area contributed by atoms with Crippen LogP contribution in [0.4, 0.5) is 8.78 Å². The fourth-order valence-electron chi connectivity index (χ4n) is 1.44. The van der Waals surface area contributed by atoms with Gasteiger partial charge < -0.3 is 5.32 Å². The van der Waals surface area contributed by atoms with Gasteiger partial charge in [-0.1, -0.05) is 6.07 Å². The lowest BCUT2D eigenvalue weighted by Crippen LogP contribution is -2.07. The van der Waals surface area contributed by atoms with Crippen molar-refractivity contribution < 1.29 is 8.78 Å². The van der Waals surface area contributed by atoms with E-state index in [9.17, 15) is 8.78 Å². The molecule has 0 fully saturated rings. The Kier molecular flexibility index (Phi) is 2.96. The highest BCUT2D eigenvalue weighted by molar-refractivity contribution is 5.33. The van der Waals surface area contributed by atoms with E-state index in [2.05, 4.69) is 10.4 Å². The van der Waals surface area contributed by atoms with Gasteiger partial charge in [-0.2, -0.15) is 5.10 Å². The van der Waals surface area contributed by atoms with Crippen molar-refractivity contribution >= 4 is 0 Å². The molecule has 1 N–H and O–H groups in total. The molecule has 0 radical (unpaired) electrons. The maximum atomic E-state index is 13.4. The molecule has 0 unspecified atom stereocenters. The van der Waals surface area contributed by atoms with Gasteiger partial charge in [-0.3, -0.25) is 0 Å². The second-order valence-electron chi connectivity index (χ2n) is 3.35. The van der Waals surface area contributed by atoms with Crippen LogP contribution in [0, 0.1) is 11.6 Å². The van der Waals surface area contributed by atoms with Gasteiger partial charge in [0.05, 0.1) is 5.69 Å². The van der Waals surface area contributed by atoms with Crippen molar-refractivity contribution in [3.8, 4) is 5.69 Å². The largest absolute Gasteiger partial charge is 0.314 e. The van der Waals surface area contributed by atoms with Crippen LogP contribution in [0.15, 0.2) is 30.5 Å². The van der Waals surface area contributed by atoms with Gasteiger partial charge in [-0.25, -0.2) is 13.5 Å². The second kappa shape index (κ2) is 4.40. The minimum absolute atomic E-state index is 0.113. The lowest BCUT2D eigenvalue weighted by atomic mass is 10.3. The summed E-state index contributed by atoms with van der Waals surface area (Å²) in [5.74, 6) is -1.76. The summed E-state index contributed by atoms with van der Waals surface area (Å²) in [5, 5.41) is 7.05. The van der Waals surface area contributed by atoms with E-state index in [0.29, 0.717) is 6.54 Å². The Balaban J connectivity index is 2.39. The molecule has 1 aromatic heterocycles. The molecule has 16 heavy (non-hydrogen) atoms. The molecule has 0 saturated carbocycles. The van der Waals surface area contributed by atoms with Crippen molar-refractivity contribution in [3.05, 3.63) is 47.8 Å². The highest BCUT2D eigenvalue weighted by Crippen LogP contribution is 2.15. The molecule has 0 spiro atoms. The predicted octanol–water partition coefficient (Wildman–Crippen LogP) is 1.87. The van der Waals surface area contributed by atoms with Crippen molar-refractivity contribution in [3.63, 3.8) is 0 Å². The molecule has 0 bridgehead atoms. The number of hydrogen-bond acceptors (Lipinski definition) is 2. The van der Waals surface area contributed by atoms with E-state index < -0.39 is 11.6 Å². The van der Waals surface area contributed by atoms with Crippen LogP contribution in [0.25, 0.3) is 5.69 Å². The molecule has 0 saturated heterocycles. The van der Waals surface area contributed by atoms with Gasteiger partial charge in [0.2, 0.25) is 0 Å². The first-order chi connectivity index (χ1) is 7.72. The molecule has 84 valence electrons. The molecule has 0 aliphatic rings. The maximum absolute atomic E-state index is 13.4. The zero-order chi connectivity index (χ0) is 11.5. The van der Waals surface area contributed by atoms with Gasteiger partial charge in [0, 0.05) is 12.7 Å². The normalized spacial score (nSPS) is 10.7.